The monoisotopic (exact) mass is 369 g/mol. The maximum Gasteiger partial charge on any atom is 0.246 e. The van der Waals surface area contributed by atoms with E-state index in [1.165, 1.54) is 0 Å². The van der Waals surface area contributed by atoms with E-state index in [1.807, 2.05) is 36.1 Å². The molecule has 0 radical (unpaired) electrons. The lowest BCUT2D eigenvalue weighted by Crippen LogP contribution is -2.42. The first-order valence-electron chi connectivity index (χ1n) is 9.71. The summed E-state index contributed by atoms with van der Waals surface area (Å²) >= 11 is 0. The topological polar surface area (TPSA) is 72.3 Å². The van der Waals surface area contributed by atoms with Gasteiger partial charge in [0, 0.05) is 13.0 Å². The molecule has 144 valence electrons. The summed E-state index contributed by atoms with van der Waals surface area (Å²) in [7, 11) is 1.65. The van der Waals surface area contributed by atoms with Gasteiger partial charge in [0.2, 0.25) is 5.91 Å². The van der Waals surface area contributed by atoms with E-state index in [4.69, 9.17) is 4.74 Å². The van der Waals surface area contributed by atoms with Gasteiger partial charge in [-0.2, -0.15) is 0 Å². The maximum atomic E-state index is 13.0. The van der Waals surface area contributed by atoms with E-state index in [2.05, 4.69) is 20.1 Å². The number of hydrogen-bond donors (Lipinski definition) is 1. The Morgan fingerprint density at radius 3 is 2.63 bits per heavy atom. The standard InChI is InChI=1S/C20H27N5O2/c1-14-20(26)24(12-16-3-5-17(27-2)6-4-16)13-19-23-22-18(25(14)19)11-15-7-9-21-10-8-15/h3-6,14-15,21H,7-13H2,1-2H3/t14-/m0/s1. The number of fused-ring (bicyclic) bond motifs is 1. The summed E-state index contributed by atoms with van der Waals surface area (Å²) in [5.41, 5.74) is 1.08. The number of aromatic nitrogens is 3. The van der Waals surface area contributed by atoms with Crippen LogP contribution < -0.4 is 10.1 Å². The first-order valence-corrected chi connectivity index (χ1v) is 9.71. The normalized spacial score (nSPS) is 20.6. The number of methoxy groups -OCH3 is 1. The predicted octanol–water partition coefficient (Wildman–Crippen LogP) is 1.93. The summed E-state index contributed by atoms with van der Waals surface area (Å²) in [6.45, 7) is 5.17. The van der Waals surface area contributed by atoms with Gasteiger partial charge in [0.25, 0.3) is 0 Å². The Bertz CT molecular complexity index is 795. The highest BCUT2D eigenvalue weighted by Gasteiger charge is 2.33. The highest BCUT2D eigenvalue weighted by molar-refractivity contribution is 5.81. The summed E-state index contributed by atoms with van der Waals surface area (Å²) in [5.74, 6) is 3.42. The molecule has 4 rings (SSSR count). The number of carbonyl (C=O) groups is 1. The highest BCUT2D eigenvalue weighted by Crippen LogP contribution is 2.27. The summed E-state index contributed by atoms with van der Waals surface area (Å²) < 4.78 is 7.27. The van der Waals surface area contributed by atoms with Gasteiger partial charge in [-0.25, -0.2) is 0 Å². The Morgan fingerprint density at radius 2 is 1.93 bits per heavy atom. The van der Waals surface area contributed by atoms with Crippen LogP contribution in [0.5, 0.6) is 5.75 Å². The number of carbonyl (C=O) groups excluding carboxylic acids is 1. The number of amides is 1. The van der Waals surface area contributed by atoms with Crippen LogP contribution in [0.1, 0.15) is 43.0 Å². The van der Waals surface area contributed by atoms with Crippen molar-refractivity contribution in [3.05, 3.63) is 41.5 Å². The second kappa shape index (κ2) is 7.68. The molecule has 1 atom stereocenters. The van der Waals surface area contributed by atoms with Crippen LogP contribution in [0, 0.1) is 5.92 Å². The van der Waals surface area contributed by atoms with Crippen LogP contribution >= 0.6 is 0 Å². The highest BCUT2D eigenvalue weighted by atomic mass is 16.5. The third-order valence-electron chi connectivity index (χ3n) is 5.69. The van der Waals surface area contributed by atoms with Crippen molar-refractivity contribution in [3.8, 4) is 5.75 Å². The van der Waals surface area contributed by atoms with E-state index < -0.39 is 0 Å². The number of nitrogens with zero attached hydrogens (tertiary/aromatic N) is 4. The summed E-state index contributed by atoms with van der Waals surface area (Å²) in [6, 6.07) is 7.59. The summed E-state index contributed by atoms with van der Waals surface area (Å²) in [4.78, 5) is 14.8. The minimum atomic E-state index is -0.251. The van der Waals surface area contributed by atoms with Crippen LogP contribution in [-0.2, 0) is 24.3 Å². The van der Waals surface area contributed by atoms with Gasteiger partial charge in [-0.3, -0.25) is 4.79 Å². The lowest BCUT2D eigenvalue weighted by Gasteiger charge is -2.32. The first kappa shape index (κ1) is 18.0. The molecule has 2 aliphatic rings. The average Bonchev–Trinajstić information content (AvgIpc) is 3.09. The molecule has 1 aromatic carbocycles. The number of hydrogen-bond acceptors (Lipinski definition) is 5. The van der Waals surface area contributed by atoms with E-state index in [0.717, 1.165) is 55.3 Å². The number of ether oxygens (including phenoxy) is 1. The molecule has 0 bridgehead atoms. The second-order valence-corrected chi connectivity index (χ2v) is 7.52. The van der Waals surface area contributed by atoms with Gasteiger partial charge in [0.1, 0.15) is 17.6 Å². The van der Waals surface area contributed by atoms with Gasteiger partial charge in [0.15, 0.2) is 5.82 Å². The van der Waals surface area contributed by atoms with E-state index in [1.54, 1.807) is 7.11 Å². The average molecular weight is 369 g/mol. The fourth-order valence-electron chi connectivity index (χ4n) is 4.11. The second-order valence-electron chi connectivity index (χ2n) is 7.52. The van der Waals surface area contributed by atoms with Gasteiger partial charge in [0.05, 0.1) is 13.7 Å². The van der Waals surface area contributed by atoms with Gasteiger partial charge >= 0.3 is 0 Å². The van der Waals surface area contributed by atoms with Crippen molar-refractivity contribution < 1.29 is 9.53 Å². The van der Waals surface area contributed by atoms with Gasteiger partial charge < -0.3 is 19.5 Å². The molecule has 0 saturated carbocycles. The quantitative estimate of drug-likeness (QED) is 0.872. The third kappa shape index (κ3) is 3.69. The molecule has 2 aliphatic heterocycles. The fourth-order valence-corrected chi connectivity index (χ4v) is 4.11. The zero-order valence-corrected chi connectivity index (χ0v) is 16.0. The van der Waals surface area contributed by atoms with Gasteiger partial charge in [-0.1, -0.05) is 12.1 Å². The minimum absolute atomic E-state index is 0.129. The van der Waals surface area contributed by atoms with Crippen molar-refractivity contribution in [3.63, 3.8) is 0 Å². The van der Waals surface area contributed by atoms with E-state index in [0.29, 0.717) is 19.0 Å². The Kier molecular flexibility index (Phi) is 5.11. The molecule has 0 unspecified atom stereocenters. The maximum absolute atomic E-state index is 13.0. The molecular formula is C20H27N5O2. The molecule has 7 heteroatoms. The molecule has 0 spiro atoms. The molecule has 1 aromatic heterocycles. The van der Waals surface area contributed by atoms with Crippen LogP contribution in [-0.4, -0.2) is 45.8 Å². The van der Waals surface area contributed by atoms with Crippen LogP contribution in [0.25, 0.3) is 0 Å². The molecule has 1 saturated heterocycles. The van der Waals surface area contributed by atoms with Crippen LogP contribution in [0.15, 0.2) is 24.3 Å². The number of nitrogens with one attached hydrogen (secondary N) is 1. The fraction of sp³-hybridized carbons (Fsp3) is 0.550. The number of piperidine rings is 1. The Hall–Kier alpha value is -2.41. The smallest absolute Gasteiger partial charge is 0.246 e. The number of benzene rings is 1. The Balaban J connectivity index is 1.49. The van der Waals surface area contributed by atoms with Gasteiger partial charge in [-0.15, -0.1) is 10.2 Å². The van der Waals surface area contributed by atoms with Crippen molar-refractivity contribution in [1.82, 2.24) is 25.0 Å². The molecule has 1 N–H and O–H groups in total. The van der Waals surface area contributed by atoms with Crippen LogP contribution in [0.4, 0.5) is 0 Å². The lowest BCUT2D eigenvalue weighted by molar-refractivity contribution is -0.137. The summed E-state index contributed by atoms with van der Waals surface area (Å²) in [5, 5.41) is 12.2. The third-order valence-corrected chi connectivity index (χ3v) is 5.69. The molecule has 1 fully saturated rings. The van der Waals surface area contributed by atoms with Gasteiger partial charge in [-0.05, 0) is 56.5 Å². The molecule has 7 nitrogen and oxygen atoms in total. The molecule has 0 aliphatic carbocycles. The predicted molar refractivity (Wildman–Crippen MR) is 101 cm³/mol. The Labute approximate surface area is 159 Å². The molecule has 3 heterocycles. The molecule has 2 aromatic rings. The molecule has 1 amide bonds. The molecule has 27 heavy (non-hydrogen) atoms. The lowest BCUT2D eigenvalue weighted by atomic mass is 9.94. The van der Waals surface area contributed by atoms with Crippen LogP contribution in [0.3, 0.4) is 0 Å². The SMILES string of the molecule is COc1ccc(CN2Cc3nnc(CC4CCNCC4)n3[C@@H](C)C2=O)cc1. The van der Waals surface area contributed by atoms with Crippen molar-refractivity contribution in [2.45, 2.75) is 45.3 Å². The van der Waals surface area contributed by atoms with E-state index >= 15 is 0 Å². The van der Waals surface area contributed by atoms with Crippen LogP contribution in [0.2, 0.25) is 0 Å². The van der Waals surface area contributed by atoms with E-state index in [9.17, 15) is 4.79 Å². The number of rotatable bonds is 5. The van der Waals surface area contributed by atoms with Crippen molar-refractivity contribution >= 4 is 5.91 Å². The minimum Gasteiger partial charge on any atom is -0.497 e. The van der Waals surface area contributed by atoms with Crippen molar-refractivity contribution in [1.29, 1.82) is 0 Å². The van der Waals surface area contributed by atoms with Crippen molar-refractivity contribution in [2.75, 3.05) is 20.2 Å². The zero-order chi connectivity index (χ0) is 18.8. The molecular weight excluding hydrogens is 342 g/mol. The van der Waals surface area contributed by atoms with E-state index in [-0.39, 0.29) is 11.9 Å². The zero-order valence-electron chi connectivity index (χ0n) is 16.0. The summed E-state index contributed by atoms with van der Waals surface area (Å²) in [6.07, 6.45) is 3.23. The largest absolute Gasteiger partial charge is 0.497 e. The Morgan fingerprint density at radius 1 is 1.19 bits per heavy atom. The first-order chi connectivity index (χ1) is 13.2. The van der Waals surface area contributed by atoms with Crippen molar-refractivity contribution in [2.24, 2.45) is 5.92 Å².